The molecule has 2 aromatic rings. The fraction of sp³-hybridized carbons (Fsp3) is 0.591. The zero-order valence-corrected chi connectivity index (χ0v) is 17.2. The van der Waals surface area contributed by atoms with E-state index in [-0.39, 0.29) is 12.0 Å². The Kier molecular flexibility index (Phi) is 5.54. The summed E-state index contributed by atoms with van der Waals surface area (Å²) in [6.07, 6.45) is 10.8. The van der Waals surface area contributed by atoms with Crippen LogP contribution >= 0.6 is 0 Å². The number of piperidine rings is 1. The van der Waals surface area contributed by atoms with Crippen LogP contribution in [0.3, 0.4) is 0 Å². The minimum atomic E-state index is -0.502. The van der Waals surface area contributed by atoms with Gasteiger partial charge in [0.15, 0.2) is 6.10 Å². The van der Waals surface area contributed by atoms with Gasteiger partial charge in [-0.3, -0.25) is 14.7 Å². The number of rotatable bonds is 5. The second kappa shape index (κ2) is 8.45. The van der Waals surface area contributed by atoms with Gasteiger partial charge in [-0.15, -0.1) is 0 Å². The van der Waals surface area contributed by atoms with Crippen molar-refractivity contribution in [2.75, 3.05) is 26.2 Å². The van der Waals surface area contributed by atoms with Crippen molar-refractivity contribution < 1.29 is 14.3 Å². The Hall–Kier alpha value is -2.29. The normalized spacial score (nSPS) is 25.9. The van der Waals surface area contributed by atoms with Gasteiger partial charge in [-0.25, -0.2) is 4.98 Å². The Morgan fingerprint density at radius 2 is 2.20 bits per heavy atom. The van der Waals surface area contributed by atoms with E-state index in [9.17, 15) is 4.79 Å². The van der Waals surface area contributed by atoms with E-state index in [0.29, 0.717) is 13.1 Å². The number of nitrogens with zero attached hydrogens (tertiary/aromatic N) is 4. The first-order valence-corrected chi connectivity index (χ1v) is 10.9. The fourth-order valence-corrected chi connectivity index (χ4v) is 4.83. The molecule has 0 radical (unpaired) electrons. The molecule has 2 saturated heterocycles. The summed E-state index contributed by atoms with van der Waals surface area (Å²) in [7, 11) is 0. The third kappa shape index (κ3) is 3.99. The maximum Gasteiger partial charge on any atom is 0.251 e. The van der Waals surface area contributed by atoms with Crippen molar-refractivity contribution in [2.24, 2.45) is 0 Å². The molecule has 5 rings (SSSR count). The number of amides is 1. The van der Waals surface area contributed by atoms with Gasteiger partial charge in [-0.05, 0) is 37.3 Å². The summed E-state index contributed by atoms with van der Waals surface area (Å²) in [5.74, 6) is 0.897. The second-order valence-electron chi connectivity index (χ2n) is 8.52. The van der Waals surface area contributed by atoms with Crippen molar-refractivity contribution in [2.45, 2.75) is 56.6 Å². The highest BCUT2D eigenvalue weighted by molar-refractivity contribution is 5.81. The minimum absolute atomic E-state index is 0.0537. The van der Waals surface area contributed by atoms with E-state index < -0.39 is 11.7 Å². The van der Waals surface area contributed by atoms with Crippen LogP contribution in [0.2, 0.25) is 0 Å². The Bertz CT molecular complexity index is 857. The predicted molar refractivity (Wildman–Crippen MR) is 110 cm³/mol. The molecule has 8 nitrogen and oxygen atoms in total. The molecule has 30 heavy (non-hydrogen) atoms. The van der Waals surface area contributed by atoms with Gasteiger partial charge < -0.3 is 19.4 Å². The lowest BCUT2D eigenvalue weighted by molar-refractivity contribution is -0.174. The highest BCUT2D eigenvalue weighted by atomic mass is 16.5. The highest BCUT2D eigenvalue weighted by Gasteiger charge is 2.47. The van der Waals surface area contributed by atoms with Gasteiger partial charge >= 0.3 is 0 Å². The molecule has 8 heteroatoms. The van der Waals surface area contributed by atoms with Gasteiger partial charge in [0.25, 0.3) is 5.91 Å². The molecule has 2 atom stereocenters. The van der Waals surface area contributed by atoms with Crippen molar-refractivity contribution in [1.29, 1.82) is 0 Å². The average molecular weight is 412 g/mol. The van der Waals surface area contributed by atoms with E-state index in [4.69, 9.17) is 9.47 Å². The van der Waals surface area contributed by atoms with Crippen LogP contribution in [-0.2, 0) is 33.0 Å². The number of ether oxygens (including phenoxy) is 2. The highest BCUT2D eigenvalue weighted by Crippen LogP contribution is 2.40. The topological polar surface area (TPSA) is 81.5 Å². The summed E-state index contributed by atoms with van der Waals surface area (Å²) >= 11 is 0. The largest absolute Gasteiger partial charge is 0.376 e. The number of carbonyl (C=O) groups is 1. The summed E-state index contributed by atoms with van der Waals surface area (Å²) in [5, 5.41) is 3.04. The summed E-state index contributed by atoms with van der Waals surface area (Å²) in [5.41, 5.74) is 0.713. The number of likely N-dealkylation sites (tertiary alicyclic amines) is 1. The lowest BCUT2D eigenvalue weighted by Crippen LogP contribution is -2.54. The van der Waals surface area contributed by atoms with Gasteiger partial charge in [0.2, 0.25) is 0 Å². The van der Waals surface area contributed by atoms with E-state index >= 15 is 0 Å². The molecule has 2 fully saturated rings. The van der Waals surface area contributed by atoms with Crippen LogP contribution in [0, 0.1) is 0 Å². The number of fused-ring (bicyclic) bond motifs is 2. The van der Waals surface area contributed by atoms with Crippen molar-refractivity contribution in [3.63, 3.8) is 0 Å². The standard InChI is InChI=1S/C22H29N5O3/c28-20(25-14-18-4-2-12-29-18)19-16-27-11-8-24-21(27)22(30-19)5-9-26(10-6-22)15-17-3-1-7-23-13-17/h1,3,7-8,11,13,18-19H,2,4-6,9-10,12,14-16H2,(H,25,28)/t18-,19-/m1/s1. The molecule has 0 bridgehead atoms. The van der Waals surface area contributed by atoms with Crippen LogP contribution in [0.4, 0.5) is 0 Å². The van der Waals surface area contributed by atoms with Crippen molar-refractivity contribution in [3.8, 4) is 0 Å². The van der Waals surface area contributed by atoms with Crippen LogP contribution in [0.5, 0.6) is 0 Å². The third-order valence-electron chi connectivity index (χ3n) is 6.47. The monoisotopic (exact) mass is 411 g/mol. The lowest BCUT2D eigenvalue weighted by atomic mass is 9.88. The number of imidazole rings is 1. The van der Waals surface area contributed by atoms with Crippen LogP contribution in [0.15, 0.2) is 36.9 Å². The van der Waals surface area contributed by atoms with Crippen molar-refractivity contribution in [1.82, 2.24) is 24.8 Å². The molecule has 1 N–H and O–H groups in total. The third-order valence-corrected chi connectivity index (χ3v) is 6.47. The van der Waals surface area contributed by atoms with Gasteiger partial charge in [0.1, 0.15) is 11.4 Å². The molecular formula is C22H29N5O3. The number of nitrogens with one attached hydrogen (secondary N) is 1. The first kappa shape index (κ1) is 19.7. The van der Waals surface area contributed by atoms with Crippen molar-refractivity contribution >= 4 is 5.91 Å². The molecule has 3 aliphatic heterocycles. The zero-order chi connectivity index (χ0) is 20.4. The second-order valence-corrected chi connectivity index (χ2v) is 8.52. The molecular weight excluding hydrogens is 382 g/mol. The van der Waals surface area contributed by atoms with Crippen LogP contribution < -0.4 is 5.32 Å². The first-order chi connectivity index (χ1) is 14.7. The van der Waals surface area contributed by atoms with Gasteiger partial charge in [0.05, 0.1) is 12.6 Å². The number of carbonyl (C=O) groups excluding carboxylic acids is 1. The molecule has 5 heterocycles. The quantitative estimate of drug-likeness (QED) is 0.802. The van der Waals surface area contributed by atoms with Gasteiger partial charge in [0, 0.05) is 57.6 Å². The van der Waals surface area contributed by atoms with E-state index in [1.165, 1.54) is 5.56 Å². The Morgan fingerprint density at radius 1 is 1.30 bits per heavy atom. The number of pyridine rings is 1. The molecule has 160 valence electrons. The maximum absolute atomic E-state index is 12.9. The Balaban J connectivity index is 1.24. The van der Waals surface area contributed by atoms with Gasteiger partial charge in [-0.2, -0.15) is 0 Å². The SMILES string of the molecule is O=C(NC[C@H]1CCCO1)[C@H]1Cn2ccnc2C2(CCN(Cc3cccnc3)CC2)O1. The molecule has 0 unspecified atom stereocenters. The van der Waals surface area contributed by atoms with E-state index in [1.54, 1.807) is 6.20 Å². The zero-order valence-electron chi connectivity index (χ0n) is 17.2. The molecule has 1 spiro atoms. The fourth-order valence-electron chi connectivity index (χ4n) is 4.83. The van der Waals surface area contributed by atoms with Crippen LogP contribution in [0.25, 0.3) is 0 Å². The minimum Gasteiger partial charge on any atom is -0.376 e. The van der Waals surface area contributed by atoms with Crippen LogP contribution in [-0.4, -0.2) is 63.8 Å². The molecule has 1 amide bonds. The molecule has 0 aromatic carbocycles. The number of hydrogen-bond acceptors (Lipinski definition) is 6. The molecule has 0 aliphatic carbocycles. The maximum atomic E-state index is 12.9. The summed E-state index contributed by atoms with van der Waals surface area (Å²) < 4.78 is 14.2. The van der Waals surface area contributed by atoms with Gasteiger partial charge in [-0.1, -0.05) is 6.07 Å². The summed E-state index contributed by atoms with van der Waals surface area (Å²) in [4.78, 5) is 24.1. The van der Waals surface area contributed by atoms with Crippen molar-refractivity contribution in [3.05, 3.63) is 48.3 Å². The molecule has 0 saturated carbocycles. The smallest absolute Gasteiger partial charge is 0.251 e. The average Bonchev–Trinajstić information content (AvgIpc) is 3.47. The number of aromatic nitrogens is 3. The van der Waals surface area contributed by atoms with Crippen LogP contribution in [0.1, 0.15) is 37.1 Å². The Morgan fingerprint density at radius 3 is 2.97 bits per heavy atom. The Labute approximate surface area is 176 Å². The molecule has 3 aliphatic rings. The summed E-state index contributed by atoms with van der Waals surface area (Å²) in [6.45, 7) is 4.52. The predicted octanol–water partition coefficient (Wildman–Crippen LogP) is 1.46. The van der Waals surface area contributed by atoms with E-state index in [2.05, 4.69) is 30.8 Å². The number of hydrogen-bond donors (Lipinski definition) is 1. The van der Waals surface area contributed by atoms with E-state index in [0.717, 1.165) is 57.7 Å². The summed E-state index contributed by atoms with van der Waals surface area (Å²) in [6, 6.07) is 4.08. The molecule has 2 aromatic heterocycles. The lowest BCUT2D eigenvalue weighted by Gasteiger charge is -2.45. The first-order valence-electron chi connectivity index (χ1n) is 10.9. The van der Waals surface area contributed by atoms with E-state index in [1.807, 2.05) is 24.7 Å².